The zero-order chi connectivity index (χ0) is 21.9. The van der Waals surface area contributed by atoms with Gasteiger partial charge in [-0.2, -0.15) is 0 Å². The predicted molar refractivity (Wildman–Crippen MR) is 117 cm³/mol. The van der Waals surface area contributed by atoms with Crippen molar-refractivity contribution in [3.8, 4) is 11.5 Å². The number of ether oxygens (including phenoxy) is 2. The van der Waals surface area contributed by atoms with Crippen LogP contribution in [0.2, 0.25) is 0 Å². The molecule has 0 aliphatic carbocycles. The van der Waals surface area contributed by atoms with Gasteiger partial charge in [-0.05, 0) is 35.1 Å². The standard InChI is InChI=1S/C23H29NO5S/c1-15(2)18-6-5-7-19(16(3)4)23(18)24-22(25)10-13-30(26,27)17-8-9-20-21(14-17)29-12-11-28-20/h5-9,14-16H,10-13H2,1-4H3,(H,24,25). The first kappa shape index (κ1) is 22.2. The Bertz CT molecular complexity index is 1000. The van der Waals surface area contributed by atoms with Crippen LogP contribution in [-0.4, -0.2) is 33.3 Å². The fourth-order valence-electron chi connectivity index (χ4n) is 3.46. The van der Waals surface area contributed by atoms with Gasteiger partial charge in [0.1, 0.15) is 13.2 Å². The number of sulfone groups is 1. The molecule has 0 radical (unpaired) electrons. The van der Waals surface area contributed by atoms with E-state index in [4.69, 9.17) is 9.47 Å². The maximum atomic E-state index is 12.7. The molecule has 0 fully saturated rings. The van der Waals surface area contributed by atoms with Gasteiger partial charge >= 0.3 is 0 Å². The highest BCUT2D eigenvalue weighted by Crippen LogP contribution is 2.34. The Morgan fingerprint density at radius 1 is 0.967 bits per heavy atom. The highest BCUT2D eigenvalue weighted by atomic mass is 32.2. The minimum absolute atomic E-state index is 0.124. The Kier molecular flexibility index (Phi) is 6.71. The highest BCUT2D eigenvalue weighted by Gasteiger charge is 2.22. The second-order valence-corrected chi connectivity index (χ2v) is 10.2. The second-order valence-electron chi connectivity index (χ2n) is 8.04. The van der Waals surface area contributed by atoms with Crippen LogP contribution in [0, 0.1) is 0 Å². The Morgan fingerprint density at radius 2 is 1.57 bits per heavy atom. The summed E-state index contributed by atoms with van der Waals surface area (Å²) in [5.41, 5.74) is 2.89. The molecule has 1 aliphatic heterocycles. The van der Waals surface area contributed by atoms with Gasteiger partial charge in [-0.3, -0.25) is 4.79 Å². The zero-order valence-corrected chi connectivity index (χ0v) is 18.7. The summed E-state index contributed by atoms with van der Waals surface area (Å²) in [6, 6.07) is 10.5. The quantitative estimate of drug-likeness (QED) is 0.698. The maximum Gasteiger partial charge on any atom is 0.225 e. The third kappa shape index (κ3) is 4.95. The first-order chi connectivity index (χ1) is 14.2. The van der Waals surface area contributed by atoms with Gasteiger partial charge < -0.3 is 14.8 Å². The number of carbonyl (C=O) groups is 1. The van der Waals surface area contributed by atoms with E-state index in [0.29, 0.717) is 24.7 Å². The molecule has 30 heavy (non-hydrogen) atoms. The molecule has 7 heteroatoms. The third-order valence-corrected chi connectivity index (χ3v) is 6.82. The summed E-state index contributed by atoms with van der Waals surface area (Å²) in [6.45, 7) is 9.10. The molecule has 3 rings (SSSR count). The average molecular weight is 432 g/mol. The average Bonchev–Trinajstić information content (AvgIpc) is 2.71. The molecule has 0 atom stereocenters. The Labute approximate surface area is 178 Å². The lowest BCUT2D eigenvalue weighted by Crippen LogP contribution is -2.20. The lowest BCUT2D eigenvalue weighted by molar-refractivity contribution is -0.115. The van der Waals surface area contributed by atoms with Crippen molar-refractivity contribution in [2.75, 3.05) is 24.3 Å². The number of anilines is 1. The monoisotopic (exact) mass is 431 g/mol. The first-order valence-corrected chi connectivity index (χ1v) is 11.9. The minimum atomic E-state index is -3.63. The highest BCUT2D eigenvalue weighted by molar-refractivity contribution is 7.91. The lowest BCUT2D eigenvalue weighted by atomic mass is 9.92. The number of benzene rings is 2. The number of rotatable bonds is 7. The molecule has 6 nitrogen and oxygen atoms in total. The van der Waals surface area contributed by atoms with Crippen molar-refractivity contribution in [2.24, 2.45) is 0 Å². The van der Waals surface area contributed by atoms with Gasteiger partial charge in [-0.15, -0.1) is 0 Å². The Morgan fingerprint density at radius 3 is 2.17 bits per heavy atom. The van der Waals surface area contributed by atoms with Crippen LogP contribution >= 0.6 is 0 Å². The van der Waals surface area contributed by atoms with Gasteiger partial charge in [-0.25, -0.2) is 8.42 Å². The first-order valence-electron chi connectivity index (χ1n) is 10.2. The van der Waals surface area contributed by atoms with E-state index in [9.17, 15) is 13.2 Å². The molecule has 0 spiro atoms. The Hall–Kier alpha value is -2.54. The summed E-state index contributed by atoms with van der Waals surface area (Å²) >= 11 is 0. The van der Waals surface area contributed by atoms with Crippen molar-refractivity contribution in [1.29, 1.82) is 0 Å². The molecule has 0 aromatic heterocycles. The number of fused-ring (bicyclic) bond motifs is 1. The number of hydrogen-bond acceptors (Lipinski definition) is 5. The van der Waals surface area contributed by atoms with Crippen LogP contribution in [-0.2, 0) is 14.6 Å². The molecule has 0 unspecified atom stereocenters. The van der Waals surface area contributed by atoms with E-state index in [1.54, 1.807) is 6.07 Å². The van der Waals surface area contributed by atoms with Crippen LogP contribution in [0.5, 0.6) is 11.5 Å². The van der Waals surface area contributed by atoms with Crippen LogP contribution in [0.1, 0.15) is 57.1 Å². The van der Waals surface area contributed by atoms with Gasteiger partial charge in [0.15, 0.2) is 21.3 Å². The van der Waals surface area contributed by atoms with E-state index in [0.717, 1.165) is 16.8 Å². The van der Waals surface area contributed by atoms with Crippen molar-refractivity contribution in [1.82, 2.24) is 0 Å². The number of carbonyl (C=O) groups excluding carboxylic acids is 1. The molecule has 1 amide bonds. The summed E-state index contributed by atoms with van der Waals surface area (Å²) in [5, 5.41) is 2.97. The molecule has 1 heterocycles. The van der Waals surface area contributed by atoms with Gasteiger partial charge in [0.25, 0.3) is 0 Å². The van der Waals surface area contributed by atoms with E-state index in [1.165, 1.54) is 12.1 Å². The zero-order valence-electron chi connectivity index (χ0n) is 17.9. The van der Waals surface area contributed by atoms with Crippen molar-refractivity contribution >= 4 is 21.4 Å². The van der Waals surface area contributed by atoms with Gasteiger partial charge in [0, 0.05) is 18.2 Å². The normalized spacial score (nSPS) is 13.5. The van der Waals surface area contributed by atoms with Gasteiger partial charge in [-0.1, -0.05) is 45.9 Å². The largest absolute Gasteiger partial charge is 0.486 e. The maximum absolute atomic E-state index is 12.7. The molecule has 1 N–H and O–H groups in total. The topological polar surface area (TPSA) is 81.7 Å². The van der Waals surface area contributed by atoms with E-state index >= 15 is 0 Å². The second kappa shape index (κ2) is 9.08. The summed E-state index contributed by atoms with van der Waals surface area (Å²) in [5.74, 6) is 0.829. The molecule has 0 saturated carbocycles. The number of hydrogen-bond donors (Lipinski definition) is 1. The summed E-state index contributed by atoms with van der Waals surface area (Å²) in [7, 11) is -3.63. The summed E-state index contributed by atoms with van der Waals surface area (Å²) < 4.78 is 36.4. The number of amides is 1. The Balaban J connectivity index is 1.73. The molecular formula is C23H29NO5S. The van der Waals surface area contributed by atoms with Crippen LogP contribution in [0.25, 0.3) is 0 Å². The fraction of sp³-hybridized carbons (Fsp3) is 0.435. The van der Waals surface area contributed by atoms with Crippen LogP contribution in [0.15, 0.2) is 41.3 Å². The van der Waals surface area contributed by atoms with Crippen molar-refractivity contribution in [3.63, 3.8) is 0 Å². The molecule has 2 aromatic carbocycles. The number of nitrogens with one attached hydrogen (secondary N) is 1. The summed E-state index contributed by atoms with van der Waals surface area (Å²) in [6.07, 6.45) is -0.124. The molecule has 0 bridgehead atoms. The third-order valence-electron chi connectivity index (χ3n) is 5.11. The van der Waals surface area contributed by atoms with E-state index in [2.05, 4.69) is 33.0 Å². The molecule has 162 valence electrons. The van der Waals surface area contributed by atoms with Gasteiger partial charge in [0.2, 0.25) is 5.91 Å². The van der Waals surface area contributed by atoms with Crippen LogP contribution < -0.4 is 14.8 Å². The molecule has 1 aliphatic rings. The number of para-hydroxylation sites is 1. The van der Waals surface area contributed by atoms with Gasteiger partial charge in [0.05, 0.1) is 10.6 Å². The summed E-state index contributed by atoms with van der Waals surface area (Å²) in [4.78, 5) is 12.8. The van der Waals surface area contributed by atoms with Crippen molar-refractivity contribution < 1.29 is 22.7 Å². The minimum Gasteiger partial charge on any atom is -0.486 e. The smallest absolute Gasteiger partial charge is 0.225 e. The SMILES string of the molecule is CC(C)c1cccc(C(C)C)c1NC(=O)CCS(=O)(=O)c1ccc2c(c1)OCCO2. The van der Waals surface area contributed by atoms with Crippen molar-refractivity contribution in [2.45, 2.75) is 50.8 Å². The molecule has 0 saturated heterocycles. The van der Waals surface area contributed by atoms with E-state index in [1.807, 2.05) is 18.2 Å². The molecule has 2 aromatic rings. The predicted octanol–water partition coefficient (Wildman–Crippen LogP) is 4.51. The van der Waals surface area contributed by atoms with E-state index in [-0.39, 0.29) is 34.8 Å². The van der Waals surface area contributed by atoms with Crippen LogP contribution in [0.4, 0.5) is 5.69 Å². The molecular weight excluding hydrogens is 402 g/mol. The van der Waals surface area contributed by atoms with Crippen LogP contribution in [0.3, 0.4) is 0 Å². The van der Waals surface area contributed by atoms with Crippen molar-refractivity contribution in [3.05, 3.63) is 47.5 Å². The van der Waals surface area contributed by atoms with E-state index < -0.39 is 9.84 Å². The lowest BCUT2D eigenvalue weighted by Gasteiger charge is -2.20. The fourth-order valence-corrected chi connectivity index (χ4v) is 4.71.